The second-order valence-electron chi connectivity index (χ2n) is 7.56. The van der Waals surface area contributed by atoms with Crippen LogP contribution in [0.1, 0.15) is 42.1 Å². The van der Waals surface area contributed by atoms with Crippen molar-refractivity contribution in [3.8, 4) is 0 Å². The number of anilines is 1. The standard InChI is InChI=1S/C20H16BrCl3F3N5O/c21-16-17(10-4-5-10)32(29-18(16)20(25,26)27)7-6-15(33)28-19-14(24)9-31(30-19)8-11-12(22)2-1-3-13(11)23/h1-3,9-10H,4-8H2,(H,28,30,33). The number of hydrogen-bond acceptors (Lipinski definition) is 3. The lowest BCUT2D eigenvalue weighted by Crippen LogP contribution is -2.17. The van der Waals surface area contributed by atoms with Crippen molar-refractivity contribution in [2.75, 3.05) is 5.32 Å². The van der Waals surface area contributed by atoms with Crippen LogP contribution in [0.5, 0.6) is 0 Å². The molecule has 1 N–H and O–H groups in total. The molecule has 2 aromatic heterocycles. The molecule has 0 atom stereocenters. The summed E-state index contributed by atoms with van der Waals surface area (Å²) in [4.78, 5) is 12.5. The molecule has 0 spiro atoms. The van der Waals surface area contributed by atoms with Gasteiger partial charge in [0.2, 0.25) is 5.91 Å². The van der Waals surface area contributed by atoms with Gasteiger partial charge in [0.15, 0.2) is 11.5 Å². The van der Waals surface area contributed by atoms with Crippen molar-refractivity contribution in [3.63, 3.8) is 0 Å². The van der Waals surface area contributed by atoms with E-state index in [1.165, 1.54) is 15.6 Å². The van der Waals surface area contributed by atoms with Crippen LogP contribution in [0.3, 0.4) is 0 Å². The number of nitrogens with zero attached hydrogens (tertiary/aromatic N) is 4. The summed E-state index contributed by atoms with van der Waals surface area (Å²) >= 11 is 21.6. The molecular formula is C20H16BrCl3F3N5O. The number of aromatic nitrogens is 4. The molecule has 1 aliphatic rings. The van der Waals surface area contributed by atoms with Gasteiger partial charge in [0.25, 0.3) is 0 Å². The van der Waals surface area contributed by atoms with Gasteiger partial charge in [0.1, 0.15) is 5.02 Å². The predicted octanol–water partition coefficient (Wildman–Crippen LogP) is 6.78. The number of benzene rings is 1. The van der Waals surface area contributed by atoms with E-state index in [2.05, 4.69) is 31.4 Å². The van der Waals surface area contributed by atoms with Crippen molar-refractivity contribution in [2.45, 2.75) is 44.4 Å². The Morgan fingerprint density at radius 1 is 1.15 bits per heavy atom. The summed E-state index contributed by atoms with van der Waals surface area (Å²) in [6.07, 6.45) is -1.60. The van der Waals surface area contributed by atoms with Gasteiger partial charge >= 0.3 is 6.18 Å². The molecular weight excluding hydrogens is 570 g/mol. The second-order valence-corrected chi connectivity index (χ2v) is 9.58. The molecule has 176 valence electrons. The maximum absolute atomic E-state index is 13.2. The number of carbonyl (C=O) groups excluding carboxylic acids is 1. The Morgan fingerprint density at radius 2 is 1.82 bits per heavy atom. The van der Waals surface area contributed by atoms with Crippen LogP contribution in [0.2, 0.25) is 15.1 Å². The number of nitrogens with one attached hydrogen (secondary N) is 1. The summed E-state index contributed by atoms with van der Waals surface area (Å²) < 4.78 is 42.4. The number of carbonyl (C=O) groups is 1. The molecule has 1 aliphatic carbocycles. The Bertz CT molecular complexity index is 1190. The van der Waals surface area contributed by atoms with E-state index in [1.54, 1.807) is 18.2 Å². The fraction of sp³-hybridized carbons (Fsp3) is 0.350. The minimum atomic E-state index is -4.58. The van der Waals surface area contributed by atoms with Crippen LogP contribution in [0.4, 0.5) is 19.0 Å². The first-order chi connectivity index (χ1) is 15.5. The molecule has 13 heteroatoms. The maximum Gasteiger partial charge on any atom is 0.436 e. The summed E-state index contributed by atoms with van der Waals surface area (Å²) in [5.41, 5.74) is 0.133. The minimum Gasteiger partial charge on any atom is -0.308 e. The molecule has 1 amide bonds. The normalized spacial score (nSPS) is 14.0. The largest absolute Gasteiger partial charge is 0.436 e. The van der Waals surface area contributed by atoms with E-state index < -0.39 is 17.8 Å². The number of alkyl halides is 3. The van der Waals surface area contributed by atoms with E-state index in [4.69, 9.17) is 34.8 Å². The highest BCUT2D eigenvalue weighted by molar-refractivity contribution is 9.10. The van der Waals surface area contributed by atoms with E-state index in [9.17, 15) is 18.0 Å². The Labute approximate surface area is 210 Å². The van der Waals surface area contributed by atoms with Crippen molar-refractivity contribution in [3.05, 3.63) is 60.9 Å². The maximum atomic E-state index is 13.2. The number of aryl methyl sites for hydroxylation is 1. The fourth-order valence-electron chi connectivity index (χ4n) is 3.36. The second kappa shape index (κ2) is 9.48. The molecule has 33 heavy (non-hydrogen) atoms. The Balaban J connectivity index is 1.43. The zero-order valence-corrected chi connectivity index (χ0v) is 20.6. The highest BCUT2D eigenvalue weighted by Gasteiger charge is 2.41. The molecule has 0 unspecified atom stereocenters. The molecule has 3 aromatic rings. The molecule has 0 saturated heterocycles. The minimum absolute atomic E-state index is 0.00724. The average Bonchev–Trinajstić information content (AvgIpc) is 3.41. The molecule has 0 bridgehead atoms. The van der Waals surface area contributed by atoms with Gasteiger partial charge in [-0.1, -0.05) is 40.9 Å². The molecule has 2 heterocycles. The average molecular weight is 586 g/mol. The van der Waals surface area contributed by atoms with Gasteiger partial charge in [-0.05, 0) is 40.9 Å². The van der Waals surface area contributed by atoms with Gasteiger partial charge in [-0.3, -0.25) is 14.2 Å². The zero-order valence-electron chi connectivity index (χ0n) is 16.8. The van der Waals surface area contributed by atoms with Crippen LogP contribution in [-0.4, -0.2) is 25.5 Å². The van der Waals surface area contributed by atoms with Gasteiger partial charge in [-0.15, -0.1) is 0 Å². The molecule has 1 fully saturated rings. The fourth-order valence-corrected chi connectivity index (χ4v) is 4.91. The van der Waals surface area contributed by atoms with Crippen LogP contribution >= 0.6 is 50.7 Å². The molecule has 4 rings (SSSR count). The molecule has 6 nitrogen and oxygen atoms in total. The first-order valence-corrected chi connectivity index (χ1v) is 11.8. The summed E-state index contributed by atoms with van der Waals surface area (Å²) in [5.74, 6) is -0.322. The number of amides is 1. The van der Waals surface area contributed by atoms with E-state index in [1.807, 2.05) is 0 Å². The van der Waals surface area contributed by atoms with Crippen molar-refractivity contribution < 1.29 is 18.0 Å². The van der Waals surface area contributed by atoms with E-state index in [0.717, 1.165) is 12.8 Å². The van der Waals surface area contributed by atoms with E-state index in [0.29, 0.717) is 21.3 Å². The summed E-state index contributed by atoms with van der Waals surface area (Å²) in [5, 5.41) is 11.7. The van der Waals surface area contributed by atoms with Gasteiger partial charge in [-0.25, -0.2) is 0 Å². The molecule has 1 saturated carbocycles. The van der Waals surface area contributed by atoms with Crippen LogP contribution in [0, 0.1) is 0 Å². The smallest absolute Gasteiger partial charge is 0.308 e. The summed E-state index contributed by atoms with van der Waals surface area (Å²) in [6.45, 7) is 0.223. The van der Waals surface area contributed by atoms with E-state index >= 15 is 0 Å². The summed E-state index contributed by atoms with van der Waals surface area (Å²) in [7, 11) is 0. The van der Waals surface area contributed by atoms with Gasteiger partial charge < -0.3 is 5.32 Å². The van der Waals surface area contributed by atoms with Crippen LogP contribution in [0.25, 0.3) is 0 Å². The van der Waals surface area contributed by atoms with Crippen molar-refractivity contribution in [1.29, 1.82) is 0 Å². The third-order valence-corrected chi connectivity index (χ3v) is 6.84. The Hall–Kier alpha value is -1.75. The topological polar surface area (TPSA) is 64.7 Å². The molecule has 1 aromatic carbocycles. The van der Waals surface area contributed by atoms with Crippen LogP contribution < -0.4 is 5.32 Å². The number of rotatable bonds is 7. The highest BCUT2D eigenvalue weighted by atomic mass is 79.9. The third-order valence-electron chi connectivity index (χ3n) is 5.07. The quantitative estimate of drug-likeness (QED) is 0.333. The highest BCUT2D eigenvalue weighted by Crippen LogP contribution is 2.47. The summed E-state index contributed by atoms with van der Waals surface area (Å²) in [6, 6.07) is 5.12. The molecule has 0 aliphatic heterocycles. The van der Waals surface area contributed by atoms with Gasteiger partial charge in [0, 0.05) is 34.1 Å². The lowest BCUT2D eigenvalue weighted by atomic mass is 10.2. The van der Waals surface area contributed by atoms with Gasteiger partial charge in [-0.2, -0.15) is 23.4 Å². The first-order valence-electron chi connectivity index (χ1n) is 9.83. The number of halogens is 7. The molecule has 0 radical (unpaired) electrons. The first kappa shape index (κ1) is 24.4. The Morgan fingerprint density at radius 3 is 2.42 bits per heavy atom. The van der Waals surface area contributed by atoms with Crippen molar-refractivity contribution >= 4 is 62.5 Å². The lowest BCUT2D eigenvalue weighted by molar-refractivity contribution is -0.142. The lowest BCUT2D eigenvalue weighted by Gasteiger charge is -2.08. The van der Waals surface area contributed by atoms with Crippen LogP contribution in [0.15, 0.2) is 28.9 Å². The predicted molar refractivity (Wildman–Crippen MR) is 123 cm³/mol. The van der Waals surface area contributed by atoms with Crippen molar-refractivity contribution in [1.82, 2.24) is 19.6 Å². The third kappa shape index (κ3) is 5.50. The zero-order chi connectivity index (χ0) is 23.9. The van der Waals surface area contributed by atoms with Crippen molar-refractivity contribution in [2.24, 2.45) is 0 Å². The van der Waals surface area contributed by atoms with Gasteiger partial charge in [0.05, 0.1) is 23.3 Å². The Kier molecular flexibility index (Phi) is 7.00. The number of hydrogen-bond donors (Lipinski definition) is 1. The van der Waals surface area contributed by atoms with Crippen LogP contribution in [-0.2, 0) is 24.1 Å². The monoisotopic (exact) mass is 583 g/mol. The SMILES string of the molecule is O=C(CCn1nc(C(F)(F)F)c(Br)c1C1CC1)Nc1nn(Cc2c(Cl)cccc2Cl)cc1Cl. The van der Waals surface area contributed by atoms with E-state index in [-0.39, 0.29) is 40.7 Å².